The van der Waals surface area contributed by atoms with Crippen molar-refractivity contribution in [1.82, 2.24) is 18.7 Å². The van der Waals surface area contributed by atoms with E-state index in [1.807, 2.05) is 24.3 Å². The Balaban J connectivity index is 1.97. The number of imidazole rings is 1. The van der Waals surface area contributed by atoms with Gasteiger partial charge in [0, 0.05) is 21.1 Å². The number of fused-ring (bicyclic) bond motifs is 1. The molecule has 24 heavy (non-hydrogen) atoms. The van der Waals surface area contributed by atoms with Crippen LogP contribution in [-0.2, 0) is 27.7 Å². The molecule has 0 saturated carbocycles. The van der Waals surface area contributed by atoms with Crippen molar-refractivity contribution in [3.8, 4) is 11.8 Å². The monoisotopic (exact) mass is 330 g/mol. The van der Waals surface area contributed by atoms with E-state index in [0.29, 0.717) is 11.2 Å². The van der Waals surface area contributed by atoms with Crippen LogP contribution >= 0.6 is 0 Å². The van der Waals surface area contributed by atoms with E-state index in [1.54, 1.807) is 25.8 Å². The highest BCUT2D eigenvalue weighted by molar-refractivity contribution is 5.71. The number of ether oxygens (including phenoxy) is 2. The predicted octanol–water partition coefficient (Wildman–Crippen LogP) is 0.558. The van der Waals surface area contributed by atoms with Crippen LogP contribution in [0.5, 0.6) is 11.8 Å². The van der Waals surface area contributed by atoms with Crippen molar-refractivity contribution < 1.29 is 9.47 Å². The highest BCUT2D eigenvalue weighted by atomic mass is 16.5. The summed E-state index contributed by atoms with van der Waals surface area (Å²) in [6.07, 6.45) is 0. The summed E-state index contributed by atoms with van der Waals surface area (Å²) in [6, 6.07) is 7.73. The Morgan fingerprint density at radius 3 is 2.29 bits per heavy atom. The summed E-state index contributed by atoms with van der Waals surface area (Å²) < 4.78 is 14.8. The third-order valence-corrected chi connectivity index (χ3v) is 3.96. The predicted molar refractivity (Wildman–Crippen MR) is 88.5 cm³/mol. The lowest BCUT2D eigenvalue weighted by atomic mass is 10.2. The van der Waals surface area contributed by atoms with E-state index in [9.17, 15) is 9.59 Å². The Hall–Kier alpha value is -3.03. The number of nitrogens with zero attached hydrogens (tertiary/aromatic N) is 4. The summed E-state index contributed by atoms with van der Waals surface area (Å²) in [5.41, 5.74) is 0.735. The van der Waals surface area contributed by atoms with E-state index < -0.39 is 11.2 Å². The molecule has 0 bridgehead atoms. The van der Waals surface area contributed by atoms with E-state index >= 15 is 0 Å². The molecule has 0 saturated heterocycles. The second-order valence-electron chi connectivity index (χ2n) is 5.47. The molecule has 0 atom stereocenters. The van der Waals surface area contributed by atoms with Crippen LogP contribution in [0, 0.1) is 0 Å². The Morgan fingerprint density at radius 2 is 1.67 bits per heavy atom. The molecule has 126 valence electrons. The van der Waals surface area contributed by atoms with Crippen LogP contribution in [0.1, 0.15) is 5.56 Å². The Bertz CT molecular complexity index is 1010. The van der Waals surface area contributed by atoms with Crippen LogP contribution < -0.4 is 20.7 Å². The lowest BCUT2D eigenvalue weighted by Crippen LogP contribution is -2.37. The summed E-state index contributed by atoms with van der Waals surface area (Å²) in [5, 5.41) is 0. The minimum atomic E-state index is -0.424. The zero-order valence-corrected chi connectivity index (χ0v) is 13.9. The fraction of sp³-hybridized carbons (Fsp3) is 0.312. The van der Waals surface area contributed by atoms with Gasteiger partial charge in [-0.15, -0.1) is 0 Å². The van der Waals surface area contributed by atoms with Crippen molar-refractivity contribution in [2.45, 2.75) is 6.61 Å². The van der Waals surface area contributed by atoms with Gasteiger partial charge in [0.15, 0.2) is 11.2 Å². The summed E-state index contributed by atoms with van der Waals surface area (Å²) in [7, 11) is 6.31. The maximum Gasteiger partial charge on any atom is 0.332 e. The van der Waals surface area contributed by atoms with Crippen molar-refractivity contribution in [2.75, 3.05) is 7.11 Å². The molecule has 0 fully saturated rings. The smallest absolute Gasteiger partial charge is 0.332 e. The van der Waals surface area contributed by atoms with Gasteiger partial charge in [0.25, 0.3) is 11.6 Å². The number of hydrogen-bond donors (Lipinski definition) is 0. The lowest BCUT2D eigenvalue weighted by molar-refractivity contribution is 0.273. The average molecular weight is 330 g/mol. The summed E-state index contributed by atoms with van der Waals surface area (Å²) in [5.74, 6) is 0.764. The highest BCUT2D eigenvalue weighted by Crippen LogP contribution is 2.18. The fourth-order valence-corrected chi connectivity index (χ4v) is 2.50. The SMILES string of the molecule is COc1ccc(COc2nc3c(c(=O)n(C)c(=O)n3C)n2C)cc1. The molecule has 0 amide bonds. The van der Waals surface area contributed by atoms with Gasteiger partial charge in [-0.3, -0.25) is 18.5 Å². The van der Waals surface area contributed by atoms with Crippen molar-refractivity contribution in [3.63, 3.8) is 0 Å². The maximum atomic E-state index is 12.3. The highest BCUT2D eigenvalue weighted by Gasteiger charge is 2.17. The molecule has 0 aliphatic heterocycles. The van der Waals surface area contributed by atoms with Crippen molar-refractivity contribution in [2.24, 2.45) is 21.1 Å². The molecular weight excluding hydrogens is 312 g/mol. The number of methoxy groups -OCH3 is 1. The molecule has 0 aliphatic carbocycles. The number of benzene rings is 1. The molecule has 2 heterocycles. The van der Waals surface area contributed by atoms with Gasteiger partial charge in [-0.05, 0) is 17.7 Å². The van der Waals surface area contributed by atoms with Crippen molar-refractivity contribution in [3.05, 3.63) is 50.7 Å². The maximum absolute atomic E-state index is 12.3. The van der Waals surface area contributed by atoms with Crippen LogP contribution in [0.4, 0.5) is 0 Å². The second kappa shape index (κ2) is 5.88. The first-order valence-electron chi connectivity index (χ1n) is 7.32. The zero-order chi connectivity index (χ0) is 17.4. The van der Waals surface area contributed by atoms with E-state index in [4.69, 9.17) is 9.47 Å². The standard InChI is InChI=1S/C16H18N4O4/c1-18-12-13(19(2)16(22)20(3)14(12)21)17-15(18)24-9-10-5-7-11(23-4)8-6-10/h5-8H,9H2,1-4H3. The Kier molecular flexibility index (Phi) is 3.88. The molecule has 0 aliphatic rings. The fourth-order valence-electron chi connectivity index (χ4n) is 2.50. The number of aromatic nitrogens is 4. The number of hydrogen-bond acceptors (Lipinski definition) is 5. The number of rotatable bonds is 4. The lowest BCUT2D eigenvalue weighted by Gasteiger charge is -2.06. The van der Waals surface area contributed by atoms with Gasteiger partial charge >= 0.3 is 5.69 Å². The minimum absolute atomic E-state index is 0.277. The van der Waals surface area contributed by atoms with E-state index in [-0.39, 0.29) is 12.6 Å². The minimum Gasteiger partial charge on any atom is -0.497 e. The van der Waals surface area contributed by atoms with E-state index in [1.165, 1.54) is 11.6 Å². The summed E-state index contributed by atoms with van der Waals surface area (Å²) in [4.78, 5) is 28.6. The van der Waals surface area contributed by atoms with E-state index in [2.05, 4.69) is 4.98 Å². The zero-order valence-electron chi connectivity index (χ0n) is 13.9. The molecule has 0 radical (unpaired) electrons. The molecule has 8 nitrogen and oxygen atoms in total. The van der Waals surface area contributed by atoms with Crippen LogP contribution in [0.2, 0.25) is 0 Å². The molecule has 0 unspecified atom stereocenters. The third kappa shape index (κ3) is 2.45. The first-order valence-corrected chi connectivity index (χ1v) is 7.32. The Labute approximate surface area is 137 Å². The van der Waals surface area contributed by atoms with Gasteiger partial charge in [0.1, 0.15) is 12.4 Å². The second-order valence-corrected chi connectivity index (χ2v) is 5.47. The molecule has 2 aromatic heterocycles. The number of aryl methyl sites for hydroxylation is 2. The summed E-state index contributed by atoms with van der Waals surface area (Å²) >= 11 is 0. The van der Waals surface area contributed by atoms with Gasteiger partial charge in [-0.1, -0.05) is 12.1 Å². The van der Waals surface area contributed by atoms with Crippen LogP contribution in [0.15, 0.2) is 33.9 Å². The Morgan fingerprint density at radius 1 is 1.00 bits per heavy atom. The molecule has 0 N–H and O–H groups in total. The third-order valence-electron chi connectivity index (χ3n) is 3.96. The van der Waals surface area contributed by atoms with E-state index in [0.717, 1.165) is 15.9 Å². The molecule has 8 heteroatoms. The molecule has 0 spiro atoms. The van der Waals surface area contributed by atoms with Crippen LogP contribution in [-0.4, -0.2) is 25.8 Å². The molecule has 1 aromatic carbocycles. The van der Waals surface area contributed by atoms with Gasteiger partial charge in [-0.25, -0.2) is 4.79 Å². The van der Waals surface area contributed by atoms with Crippen molar-refractivity contribution in [1.29, 1.82) is 0 Å². The van der Waals surface area contributed by atoms with Crippen molar-refractivity contribution >= 4 is 11.2 Å². The van der Waals surface area contributed by atoms with Gasteiger partial charge in [0.05, 0.1) is 7.11 Å². The van der Waals surface area contributed by atoms with Gasteiger partial charge in [0.2, 0.25) is 0 Å². The molecular formula is C16H18N4O4. The molecule has 3 aromatic rings. The first kappa shape index (κ1) is 15.9. The van der Waals surface area contributed by atoms with Gasteiger partial charge in [-0.2, -0.15) is 4.98 Å². The summed E-state index contributed by atoms with van der Waals surface area (Å²) in [6.45, 7) is 0.287. The topological polar surface area (TPSA) is 80.3 Å². The van der Waals surface area contributed by atoms with Crippen LogP contribution in [0.3, 0.4) is 0 Å². The first-order chi connectivity index (χ1) is 11.4. The average Bonchev–Trinajstić information content (AvgIpc) is 2.93. The largest absolute Gasteiger partial charge is 0.497 e. The quantitative estimate of drug-likeness (QED) is 0.698. The molecule has 3 rings (SSSR count). The normalized spacial score (nSPS) is 11.0. The van der Waals surface area contributed by atoms with Crippen LogP contribution in [0.25, 0.3) is 11.2 Å². The van der Waals surface area contributed by atoms with Gasteiger partial charge < -0.3 is 9.47 Å².